The van der Waals surface area contributed by atoms with Crippen molar-refractivity contribution in [2.24, 2.45) is 7.05 Å². The molecule has 0 bridgehead atoms. The smallest absolute Gasteiger partial charge is 0.213 e. The molecule has 0 amide bonds. The number of hydrogen-bond donors (Lipinski definition) is 1. The summed E-state index contributed by atoms with van der Waals surface area (Å²) in [6, 6.07) is 27.7. The van der Waals surface area contributed by atoms with E-state index in [0.717, 1.165) is 18.5 Å². The van der Waals surface area contributed by atoms with Crippen LogP contribution in [0.1, 0.15) is 77.5 Å². The van der Waals surface area contributed by atoms with Gasteiger partial charge in [0.1, 0.15) is 7.05 Å². The zero-order valence-electron chi connectivity index (χ0n) is 27.9. The largest absolute Gasteiger partial charge is 0.256 e. The van der Waals surface area contributed by atoms with Crippen LogP contribution < -0.4 is 4.57 Å². The highest BCUT2D eigenvalue weighted by Gasteiger charge is 2.18. The van der Waals surface area contributed by atoms with Crippen molar-refractivity contribution in [3.8, 4) is 22.5 Å². The van der Waals surface area contributed by atoms with Crippen LogP contribution in [0.5, 0.6) is 0 Å². The summed E-state index contributed by atoms with van der Waals surface area (Å²) in [7, 11) is 2.12. The average Bonchev–Trinajstić information content (AvgIpc) is 3.09. The number of thiol groups is 1. The molecule has 0 saturated carbocycles. The Morgan fingerprint density at radius 1 is 0.860 bits per heavy atom. The van der Waals surface area contributed by atoms with E-state index in [1.807, 2.05) is 39.1 Å². The molecule has 0 aliphatic heterocycles. The Kier molecular flexibility index (Phi) is 19.0. The van der Waals surface area contributed by atoms with Crippen LogP contribution in [0.4, 0.5) is 0 Å². The molecule has 2 nitrogen and oxygen atoms in total. The van der Waals surface area contributed by atoms with Gasteiger partial charge in [-0.1, -0.05) is 107 Å². The Morgan fingerprint density at radius 3 is 2.12 bits per heavy atom. The first-order valence-corrected chi connectivity index (χ1v) is 16.4. The van der Waals surface area contributed by atoms with Crippen molar-refractivity contribution in [2.75, 3.05) is 6.26 Å². The Balaban J connectivity index is 0.000000404. The van der Waals surface area contributed by atoms with Gasteiger partial charge in [0.15, 0.2) is 6.20 Å². The molecule has 0 fully saturated rings. The van der Waals surface area contributed by atoms with Gasteiger partial charge in [0.25, 0.3) is 0 Å². The SMILES string of the molecule is C/C=C\C(=C/C)c1cc[n+](C)c(-c2ccccc2C(C)CC)c1.CC.CC=CCc1ccccc1-c1ccccn1.CS. The maximum atomic E-state index is 4.39. The number of aromatic nitrogens is 2. The highest BCUT2D eigenvalue weighted by atomic mass is 32.1. The minimum absolute atomic E-state index is 0.562. The molecule has 0 saturated heterocycles. The quantitative estimate of drug-likeness (QED) is 0.0930. The Hall–Kier alpha value is -3.69. The van der Waals surface area contributed by atoms with Gasteiger partial charge >= 0.3 is 0 Å². The predicted octanol–water partition coefficient (Wildman–Crippen LogP) is 11.1. The number of nitrogens with zero attached hydrogens (tertiary/aromatic N) is 2. The van der Waals surface area contributed by atoms with Gasteiger partial charge in [-0.05, 0) is 86.2 Å². The lowest BCUT2D eigenvalue weighted by molar-refractivity contribution is -0.660. The summed E-state index contributed by atoms with van der Waals surface area (Å²) in [6.45, 7) is 14.8. The third kappa shape index (κ3) is 11.5. The second-order valence-electron chi connectivity index (χ2n) is 9.70. The first-order valence-electron chi connectivity index (χ1n) is 15.5. The second kappa shape index (κ2) is 21.9. The minimum atomic E-state index is 0.562. The van der Waals surface area contributed by atoms with Gasteiger partial charge < -0.3 is 0 Å². The fourth-order valence-corrected chi connectivity index (χ4v) is 4.65. The number of rotatable bonds is 8. The number of pyridine rings is 2. The third-order valence-electron chi connectivity index (χ3n) is 7.05. The van der Waals surface area contributed by atoms with Crippen molar-refractivity contribution in [3.05, 3.63) is 138 Å². The predicted molar refractivity (Wildman–Crippen MR) is 195 cm³/mol. The summed E-state index contributed by atoms with van der Waals surface area (Å²) in [5, 5.41) is 0. The fraction of sp³-hybridized carbons (Fsp3) is 0.300. The van der Waals surface area contributed by atoms with Gasteiger partial charge in [-0.25, -0.2) is 4.57 Å². The van der Waals surface area contributed by atoms with E-state index in [0.29, 0.717) is 5.92 Å². The minimum Gasteiger partial charge on any atom is -0.256 e. The van der Waals surface area contributed by atoms with Crippen LogP contribution >= 0.6 is 12.6 Å². The molecule has 3 heteroatoms. The molecule has 0 aliphatic carbocycles. The lowest BCUT2D eigenvalue weighted by Crippen LogP contribution is -2.30. The topological polar surface area (TPSA) is 16.8 Å². The van der Waals surface area contributed by atoms with Crippen molar-refractivity contribution in [1.29, 1.82) is 0 Å². The standard InChI is InChI=1S/C22H28N.C15H15N.C2H6.CH4S/c1-6-11-18(8-3)19-14-15-23(5)22(16-19)21-13-10-9-12-20(21)17(4)7-2;1-2-3-8-13-9-4-5-10-14(13)15-11-6-7-12-16-15;2*1-2/h6,8-17H,7H2,1-5H3;2-7,9-12H,8H2,1H3;1-2H3;2H,1H3/q+1;;;/b11-6-,18-8+;;;. The van der Waals surface area contributed by atoms with Crippen LogP contribution in [0.3, 0.4) is 0 Å². The zero-order valence-corrected chi connectivity index (χ0v) is 28.8. The average molecular weight is 594 g/mol. The summed E-state index contributed by atoms with van der Waals surface area (Å²) in [5.41, 5.74) is 10.1. The van der Waals surface area contributed by atoms with E-state index in [1.165, 1.54) is 39.1 Å². The Bertz CT molecular complexity index is 1420. The second-order valence-corrected chi connectivity index (χ2v) is 9.70. The Morgan fingerprint density at radius 2 is 1.51 bits per heavy atom. The molecule has 2 heterocycles. The highest BCUT2D eigenvalue weighted by Crippen LogP contribution is 2.30. The molecular formula is C40H53N2S+. The van der Waals surface area contributed by atoms with Crippen LogP contribution in [0.15, 0.2) is 122 Å². The molecule has 0 radical (unpaired) electrons. The van der Waals surface area contributed by atoms with Crippen molar-refractivity contribution in [3.63, 3.8) is 0 Å². The van der Waals surface area contributed by atoms with E-state index in [1.54, 1.807) is 6.26 Å². The Labute approximate surface area is 268 Å². The highest BCUT2D eigenvalue weighted by molar-refractivity contribution is 7.79. The lowest BCUT2D eigenvalue weighted by Gasteiger charge is -2.14. The number of aryl methyl sites for hydroxylation is 1. The molecule has 2 aromatic carbocycles. The van der Waals surface area contributed by atoms with Gasteiger partial charge in [0.2, 0.25) is 5.69 Å². The van der Waals surface area contributed by atoms with Crippen LogP contribution in [-0.2, 0) is 13.5 Å². The zero-order chi connectivity index (χ0) is 32.0. The van der Waals surface area contributed by atoms with Crippen LogP contribution in [-0.4, -0.2) is 11.2 Å². The van der Waals surface area contributed by atoms with Crippen molar-refractivity contribution in [1.82, 2.24) is 4.98 Å². The molecule has 228 valence electrons. The maximum Gasteiger partial charge on any atom is 0.213 e. The summed E-state index contributed by atoms with van der Waals surface area (Å²) in [6.07, 6.45) is 18.5. The molecule has 0 spiro atoms. The number of hydrogen-bond acceptors (Lipinski definition) is 2. The molecule has 4 rings (SSSR count). The molecule has 1 atom stereocenters. The molecule has 4 aromatic rings. The van der Waals surface area contributed by atoms with Crippen LogP contribution in [0.2, 0.25) is 0 Å². The van der Waals surface area contributed by atoms with Crippen LogP contribution in [0.25, 0.3) is 28.1 Å². The first kappa shape index (κ1) is 37.3. The number of benzene rings is 2. The molecule has 0 N–H and O–H groups in total. The summed E-state index contributed by atoms with van der Waals surface area (Å²) in [4.78, 5) is 4.39. The van der Waals surface area contributed by atoms with Gasteiger partial charge in [0, 0.05) is 29.5 Å². The normalized spacial score (nSPS) is 11.5. The summed E-state index contributed by atoms with van der Waals surface area (Å²) >= 11 is 3.53. The van der Waals surface area contributed by atoms with E-state index in [9.17, 15) is 0 Å². The van der Waals surface area contributed by atoms with Gasteiger partial charge in [-0.15, -0.1) is 0 Å². The third-order valence-corrected chi connectivity index (χ3v) is 7.05. The van der Waals surface area contributed by atoms with Crippen LogP contribution in [0, 0.1) is 0 Å². The van der Waals surface area contributed by atoms with Gasteiger partial charge in [0.05, 0.1) is 5.69 Å². The van der Waals surface area contributed by atoms with Gasteiger partial charge in [-0.2, -0.15) is 12.6 Å². The lowest BCUT2D eigenvalue weighted by atomic mass is 9.91. The molecule has 0 aliphatic rings. The van der Waals surface area contributed by atoms with E-state index in [4.69, 9.17) is 0 Å². The number of allylic oxidation sites excluding steroid dienone is 6. The van der Waals surface area contributed by atoms with E-state index >= 15 is 0 Å². The molecule has 2 aromatic heterocycles. The van der Waals surface area contributed by atoms with E-state index in [-0.39, 0.29) is 0 Å². The van der Waals surface area contributed by atoms with Crippen molar-refractivity contribution >= 4 is 18.2 Å². The maximum absolute atomic E-state index is 4.39. The van der Waals surface area contributed by atoms with Crippen molar-refractivity contribution in [2.45, 2.75) is 67.2 Å². The fourth-order valence-electron chi connectivity index (χ4n) is 4.65. The molecular weight excluding hydrogens is 541 g/mol. The molecule has 43 heavy (non-hydrogen) atoms. The summed E-state index contributed by atoms with van der Waals surface area (Å²) in [5.74, 6) is 0.562. The molecule has 1 unspecified atom stereocenters. The first-order chi connectivity index (χ1) is 21.0. The van der Waals surface area contributed by atoms with Gasteiger partial charge in [-0.3, -0.25) is 4.98 Å². The monoisotopic (exact) mass is 593 g/mol. The van der Waals surface area contributed by atoms with E-state index < -0.39 is 0 Å². The van der Waals surface area contributed by atoms with E-state index in [2.05, 4.69) is 160 Å². The summed E-state index contributed by atoms with van der Waals surface area (Å²) < 4.78 is 2.22. The van der Waals surface area contributed by atoms with Crippen molar-refractivity contribution < 1.29 is 4.57 Å².